The van der Waals surface area contributed by atoms with Crippen LogP contribution in [0.25, 0.3) is 0 Å². The monoisotopic (exact) mass is 236 g/mol. The van der Waals surface area contributed by atoms with Crippen LogP contribution in [0, 0.1) is 0 Å². The van der Waals surface area contributed by atoms with Gasteiger partial charge in [-0.1, -0.05) is 0 Å². The third-order valence-corrected chi connectivity index (χ3v) is 3.41. The molecule has 1 aromatic rings. The number of hydrogen-bond acceptors (Lipinski definition) is 3. The van der Waals surface area contributed by atoms with Crippen molar-refractivity contribution in [2.45, 2.75) is 32.2 Å². The molecule has 4 heteroatoms. The molecule has 1 aliphatic rings. The molecule has 1 N–H and O–H groups in total. The first-order chi connectivity index (χ1) is 8.38. The third kappa shape index (κ3) is 4.13. The topological polar surface area (TPSA) is 33.1 Å². The fourth-order valence-electron chi connectivity index (χ4n) is 2.39. The highest BCUT2D eigenvalue weighted by Gasteiger charge is 2.10. The summed E-state index contributed by atoms with van der Waals surface area (Å²) in [5.41, 5.74) is 1.19. The Morgan fingerprint density at radius 3 is 2.88 bits per heavy atom. The summed E-state index contributed by atoms with van der Waals surface area (Å²) in [5, 5.41) is 3.15. The molecule has 2 rings (SSSR count). The van der Waals surface area contributed by atoms with Crippen molar-refractivity contribution >= 4 is 0 Å². The van der Waals surface area contributed by atoms with Gasteiger partial charge in [0.15, 0.2) is 0 Å². The van der Waals surface area contributed by atoms with E-state index < -0.39 is 0 Å². The second-order valence-electron chi connectivity index (χ2n) is 4.86. The molecule has 0 aliphatic carbocycles. The Morgan fingerprint density at radius 2 is 2.12 bits per heavy atom. The van der Waals surface area contributed by atoms with Crippen molar-refractivity contribution in [3.05, 3.63) is 18.2 Å². The molecule has 1 aliphatic heterocycles. The van der Waals surface area contributed by atoms with Crippen LogP contribution >= 0.6 is 0 Å². The quantitative estimate of drug-likeness (QED) is 0.770. The van der Waals surface area contributed by atoms with E-state index in [9.17, 15) is 0 Å². The molecule has 0 bridgehead atoms. The number of imidazole rings is 1. The highest BCUT2D eigenvalue weighted by atomic mass is 15.1. The molecule has 0 unspecified atom stereocenters. The first kappa shape index (κ1) is 12.6. The Hall–Kier alpha value is -0.870. The van der Waals surface area contributed by atoms with Crippen molar-refractivity contribution in [1.29, 1.82) is 0 Å². The SMILES string of the molecule is CNCCc1cn(CCCN2CCCC2)cn1. The van der Waals surface area contributed by atoms with Gasteiger partial charge in [-0.3, -0.25) is 0 Å². The minimum absolute atomic E-state index is 1.00. The van der Waals surface area contributed by atoms with Gasteiger partial charge in [-0.2, -0.15) is 0 Å². The second kappa shape index (κ2) is 6.77. The Bertz CT molecular complexity index is 315. The van der Waals surface area contributed by atoms with Crippen LogP contribution in [0.1, 0.15) is 25.0 Å². The molecular weight excluding hydrogens is 212 g/mol. The van der Waals surface area contributed by atoms with E-state index in [1.165, 1.54) is 44.6 Å². The van der Waals surface area contributed by atoms with Crippen LogP contribution in [0.15, 0.2) is 12.5 Å². The average Bonchev–Trinajstić information content (AvgIpc) is 2.98. The number of rotatable bonds is 7. The normalized spacial score (nSPS) is 16.8. The average molecular weight is 236 g/mol. The summed E-state index contributed by atoms with van der Waals surface area (Å²) in [6.45, 7) is 5.95. The highest BCUT2D eigenvalue weighted by Crippen LogP contribution is 2.08. The second-order valence-corrected chi connectivity index (χ2v) is 4.86. The maximum atomic E-state index is 4.41. The van der Waals surface area contributed by atoms with Crippen molar-refractivity contribution in [1.82, 2.24) is 19.8 Å². The van der Waals surface area contributed by atoms with E-state index in [1.54, 1.807) is 0 Å². The zero-order chi connectivity index (χ0) is 11.9. The zero-order valence-corrected chi connectivity index (χ0v) is 10.9. The van der Waals surface area contributed by atoms with Crippen molar-refractivity contribution in [3.8, 4) is 0 Å². The molecule has 1 saturated heterocycles. The van der Waals surface area contributed by atoms with E-state index in [0.29, 0.717) is 0 Å². The predicted octanol–water partition coefficient (Wildman–Crippen LogP) is 1.13. The molecule has 96 valence electrons. The molecule has 0 aromatic carbocycles. The van der Waals surface area contributed by atoms with Crippen LogP contribution in [-0.4, -0.2) is 47.7 Å². The van der Waals surface area contributed by atoms with Gasteiger partial charge in [-0.25, -0.2) is 4.98 Å². The minimum Gasteiger partial charge on any atom is -0.337 e. The summed E-state index contributed by atoms with van der Waals surface area (Å²) in [7, 11) is 1.98. The number of aromatic nitrogens is 2. The van der Waals surface area contributed by atoms with E-state index in [0.717, 1.165) is 19.5 Å². The molecule has 17 heavy (non-hydrogen) atoms. The fourth-order valence-corrected chi connectivity index (χ4v) is 2.39. The Balaban J connectivity index is 1.65. The van der Waals surface area contributed by atoms with Gasteiger partial charge in [0, 0.05) is 25.7 Å². The maximum absolute atomic E-state index is 4.41. The number of aryl methyl sites for hydroxylation is 1. The van der Waals surface area contributed by atoms with Gasteiger partial charge in [0.25, 0.3) is 0 Å². The van der Waals surface area contributed by atoms with Crippen LogP contribution in [0.2, 0.25) is 0 Å². The molecule has 0 saturated carbocycles. The molecule has 0 radical (unpaired) electrons. The number of nitrogens with zero attached hydrogens (tertiary/aromatic N) is 3. The Kier molecular flexibility index (Phi) is 5.01. The number of hydrogen-bond donors (Lipinski definition) is 1. The molecule has 0 spiro atoms. The lowest BCUT2D eigenvalue weighted by Crippen LogP contribution is -2.21. The third-order valence-electron chi connectivity index (χ3n) is 3.41. The molecule has 4 nitrogen and oxygen atoms in total. The summed E-state index contributed by atoms with van der Waals surface area (Å²) in [6, 6.07) is 0. The lowest BCUT2D eigenvalue weighted by atomic mass is 10.3. The Morgan fingerprint density at radius 1 is 1.29 bits per heavy atom. The summed E-state index contributed by atoms with van der Waals surface area (Å²) >= 11 is 0. The van der Waals surface area contributed by atoms with Gasteiger partial charge < -0.3 is 14.8 Å². The van der Waals surface area contributed by atoms with Crippen LogP contribution < -0.4 is 5.32 Å². The number of likely N-dealkylation sites (tertiary alicyclic amines) is 1. The first-order valence-corrected chi connectivity index (χ1v) is 6.76. The summed E-state index contributed by atoms with van der Waals surface area (Å²) in [4.78, 5) is 6.98. The van der Waals surface area contributed by atoms with Crippen molar-refractivity contribution < 1.29 is 0 Å². The van der Waals surface area contributed by atoms with Gasteiger partial charge in [0.05, 0.1) is 12.0 Å². The largest absolute Gasteiger partial charge is 0.337 e. The highest BCUT2D eigenvalue weighted by molar-refractivity contribution is 4.97. The molecule has 0 amide bonds. The van der Waals surface area contributed by atoms with Crippen LogP contribution in [0.4, 0.5) is 0 Å². The first-order valence-electron chi connectivity index (χ1n) is 6.76. The lowest BCUT2D eigenvalue weighted by Gasteiger charge is -2.13. The van der Waals surface area contributed by atoms with Gasteiger partial charge in [-0.05, 0) is 45.9 Å². The number of likely N-dealkylation sites (N-methyl/N-ethyl adjacent to an activating group) is 1. The number of nitrogens with one attached hydrogen (secondary N) is 1. The fraction of sp³-hybridized carbons (Fsp3) is 0.769. The van der Waals surface area contributed by atoms with Crippen LogP contribution in [-0.2, 0) is 13.0 Å². The van der Waals surface area contributed by atoms with Crippen molar-refractivity contribution in [2.75, 3.05) is 33.2 Å². The Labute approximate surface area is 104 Å². The van der Waals surface area contributed by atoms with E-state index in [2.05, 4.69) is 26.0 Å². The standard InChI is InChI=1S/C13H24N4/c1-14-6-5-13-11-17(12-15-13)10-4-9-16-7-2-3-8-16/h11-12,14H,2-10H2,1H3. The minimum atomic E-state index is 1.00. The van der Waals surface area contributed by atoms with Gasteiger partial charge >= 0.3 is 0 Å². The summed E-state index contributed by atoms with van der Waals surface area (Å²) < 4.78 is 2.22. The zero-order valence-electron chi connectivity index (χ0n) is 10.9. The molecule has 0 atom stereocenters. The van der Waals surface area contributed by atoms with Crippen molar-refractivity contribution in [2.24, 2.45) is 0 Å². The molecule has 1 fully saturated rings. The van der Waals surface area contributed by atoms with E-state index in [-0.39, 0.29) is 0 Å². The van der Waals surface area contributed by atoms with Crippen LogP contribution in [0.5, 0.6) is 0 Å². The smallest absolute Gasteiger partial charge is 0.0949 e. The van der Waals surface area contributed by atoms with E-state index in [4.69, 9.17) is 0 Å². The van der Waals surface area contributed by atoms with Crippen molar-refractivity contribution in [3.63, 3.8) is 0 Å². The van der Waals surface area contributed by atoms with E-state index in [1.807, 2.05) is 13.4 Å². The lowest BCUT2D eigenvalue weighted by molar-refractivity contribution is 0.325. The predicted molar refractivity (Wildman–Crippen MR) is 70.1 cm³/mol. The van der Waals surface area contributed by atoms with Crippen LogP contribution in [0.3, 0.4) is 0 Å². The molecular formula is C13H24N4. The van der Waals surface area contributed by atoms with Gasteiger partial charge in [0.2, 0.25) is 0 Å². The molecule has 1 aromatic heterocycles. The maximum Gasteiger partial charge on any atom is 0.0949 e. The van der Waals surface area contributed by atoms with Gasteiger partial charge in [-0.15, -0.1) is 0 Å². The summed E-state index contributed by atoms with van der Waals surface area (Å²) in [5.74, 6) is 0. The van der Waals surface area contributed by atoms with E-state index >= 15 is 0 Å². The van der Waals surface area contributed by atoms with Gasteiger partial charge in [0.1, 0.15) is 0 Å². The molecule has 2 heterocycles. The summed E-state index contributed by atoms with van der Waals surface area (Å²) in [6.07, 6.45) is 9.19.